The van der Waals surface area contributed by atoms with Gasteiger partial charge in [-0.1, -0.05) is 17.3 Å². The molecule has 0 aliphatic heterocycles. The molecule has 0 radical (unpaired) electrons. The van der Waals surface area contributed by atoms with Gasteiger partial charge in [-0.3, -0.25) is 0 Å². The van der Waals surface area contributed by atoms with Crippen LogP contribution in [-0.2, 0) is 6.61 Å². The maximum Gasteiger partial charge on any atom is 0.174 e. The molecule has 1 atom stereocenters. The predicted molar refractivity (Wildman–Crippen MR) is 64.6 cm³/mol. The number of aryl methyl sites for hydroxylation is 1. The highest BCUT2D eigenvalue weighted by molar-refractivity contribution is 5.37. The highest BCUT2D eigenvalue weighted by Gasteiger charge is 2.05. The molecule has 1 heterocycles. The molecule has 17 heavy (non-hydrogen) atoms. The van der Waals surface area contributed by atoms with Gasteiger partial charge in [-0.25, -0.2) is 0 Å². The van der Waals surface area contributed by atoms with Crippen molar-refractivity contribution in [1.82, 2.24) is 5.16 Å². The molecule has 2 aromatic rings. The molecule has 4 nitrogen and oxygen atoms in total. The first kappa shape index (κ1) is 11.7. The van der Waals surface area contributed by atoms with Crippen LogP contribution in [0.1, 0.15) is 29.9 Å². The smallest absolute Gasteiger partial charge is 0.174 e. The lowest BCUT2D eigenvalue weighted by Gasteiger charge is -2.11. The molecule has 2 rings (SSSR count). The fourth-order valence-corrected chi connectivity index (χ4v) is 1.58. The van der Waals surface area contributed by atoms with Crippen LogP contribution in [0.15, 0.2) is 35.0 Å². The molecule has 0 amide bonds. The number of ether oxygens (including phenoxy) is 1. The molecule has 0 aliphatic rings. The first-order valence-corrected chi connectivity index (χ1v) is 5.55. The minimum Gasteiger partial charge on any atom is -0.485 e. The lowest BCUT2D eigenvalue weighted by molar-refractivity contribution is 0.248. The highest BCUT2D eigenvalue weighted by atomic mass is 16.5. The molecule has 0 saturated heterocycles. The lowest BCUT2D eigenvalue weighted by Crippen LogP contribution is -2.05. The summed E-state index contributed by atoms with van der Waals surface area (Å²) >= 11 is 0. The van der Waals surface area contributed by atoms with E-state index in [0.29, 0.717) is 12.4 Å². The molecule has 0 bridgehead atoms. The number of benzene rings is 1. The van der Waals surface area contributed by atoms with E-state index in [-0.39, 0.29) is 6.04 Å². The summed E-state index contributed by atoms with van der Waals surface area (Å²) in [6.07, 6.45) is 1.60. The van der Waals surface area contributed by atoms with Gasteiger partial charge in [0.2, 0.25) is 0 Å². The summed E-state index contributed by atoms with van der Waals surface area (Å²) in [7, 11) is 0. The standard InChI is InChI=1S/C13H16N2O2/c1-9-7-11(10(2)14)3-4-13(9)16-8-12-5-6-15-17-12/h3-7,10H,8,14H2,1-2H3. The van der Waals surface area contributed by atoms with Crippen molar-refractivity contribution in [2.75, 3.05) is 0 Å². The first-order valence-electron chi connectivity index (χ1n) is 5.55. The second-order valence-corrected chi connectivity index (χ2v) is 4.08. The van der Waals surface area contributed by atoms with Gasteiger partial charge in [0.1, 0.15) is 12.4 Å². The Bertz CT molecular complexity index is 478. The minimum atomic E-state index is 0.0389. The van der Waals surface area contributed by atoms with E-state index < -0.39 is 0 Å². The van der Waals surface area contributed by atoms with Crippen molar-refractivity contribution in [1.29, 1.82) is 0 Å². The molecule has 0 aliphatic carbocycles. The summed E-state index contributed by atoms with van der Waals surface area (Å²) in [5, 5.41) is 3.62. The Balaban J connectivity index is 2.06. The van der Waals surface area contributed by atoms with Gasteiger partial charge in [-0.05, 0) is 31.0 Å². The van der Waals surface area contributed by atoms with Gasteiger partial charge in [-0.2, -0.15) is 0 Å². The van der Waals surface area contributed by atoms with Crippen molar-refractivity contribution in [2.24, 2.45) is 5.73 Å². The number of nitrogens with zero attached hydrogens (tertiary/aromatic N) is 1. The first-order chi connectivity index (χ1) is 8.16. The van der Waals surface area contributed by atoms with Crippen molar-refractivity contribution in [3.05, 3.63) is 47.3 Å². The van der Waals surface area contributed by atoms with Gasteiger partial charge in [0, 0.05) is 12.1 Å². The maximum atomic E-state index is 5.82. The van der Waals surface area contributed by atoms with Crippen LogP contribution in [0.3, 0.4) is 0 Å². The minimum absolute atomic E-state index is 0.0389. The topological polar surface area (TPSA) is 61.3 Å². The van der Waals surface area contributed by atoms with Crippen LogP contribution in [0, 0.1) is 6.92 Å². The van der Waals surface area contributed by atoms with E-state index in [2.05, 4.69) is 5.16 Å². The van der Waals surface area contributed by atoms with Crippen LogP contribution in [0.4, 0.5) is 0 Å². The fourth-order valence-electron chi connectivity index (χ4n) is 1.58. The van der Waals surface area contributed by atoms with Gasteiger partial charge < -0.3 is 15.0 Å². The number of rotatable bonds is 4. The Labute approximate surface area is 100 Å². The van der Waals surface area contributed by atoms with E-state index >= 15 is 0 Å². The molecule has 90 valence electrons. The molecule has 4 heteroatoms. The Morgan fingerprint density at radius 2 is 2.24 bits per heavy atom. The van der Waals surface area contributed by atoms with Crippen LogP contribution < -0.4 is 10.5 Å². The third-order valence-electron chi connectivity index (χ3n) is 2.59. The summed E-state index contributed by atoms with van der Waals surface area (Å²) < 4.78 is 10.6. The largest absolute Gasteiger partial charge is 0.485 e. The number of hydrogen-bond donors (Lipinski definition) is 1. The zero-order valence-corrected chi connectivity index (χ0v) is 10.0. The molecule has 1 aromatic carbocycles. The van der Waals surface area contributed by atoms with Crippen molar-refractivity contribution >= 4 is 0 Å². The molecule has 1 aromatic heterocycles. The van der Waals surface area contributed by atoms with E-state index in [1.165, 1.54) is 0 Å². The summed E-state index contributed by atoms with van der Waals surface area (Å²) in [6.45, 7) is 4.35. The summed E-state index contributed by atoms with van der Waals surface area (Å²) in [5.74, 6) is 1.55. The van der Waals surface area contributed by atoms with Crippen molar-refractivity contribution in [2.45, 2.75) is 26.5 Å². The zero-order valence-electron chi connectivity index (χ0n) is 10.0. The van der Waals surface area contributed by atoms with E-state index in [4.69, 9.17) is 15.0 Å². The van der Waals surface area contributed by atoms with E-state index in [0.717, 1.165) is 16.9 Å². The van der Waals surface area contributed by atoms with Gasteiger partial charge in [0.15, 0.2) is 5.76 Å². The second kappa shape index (κ2) is 5.01. The molecule has 0 fully saturated rings. The molecular weight excluding hydrogens is 216 g/mol. The van der Waals surface area contributed by atoms with Crippen LogP contribution in [0.25, 0.3) is 0 Å². The van der Waals surface area contributed by atoms with E-state index in [1.807, 2.05) is 32.0 Å². The molecule has 2 N–H and O–H groups in total. The average molecular weight is 232 g/mol. The lowest BCUT2D eigenvalue weighted by atomic mass is 10.1. The van der Waals surface area contributed by atoms with Gasteiger partial charge in [0.25, 0.3) is 0 Å². The molecule has 1 unspecified atom stereocenters. The van der Waals surface area contributed by atoms with Crippen LogP contribution in [-0.4, -0.2) is 5.16 Å². The SMILES string of the molecule is Cc1cc(C(C)N)ccc1OCc1ccno1. The van der Waals surface area contributed by atoms with Crippen molar-refractivity contribution < 1.29 is 9.26 Å². The summed E-state index contributed by atoms with van der Waals surface area (Å²) in [5.41, 5.74) is 7.99. The number of nitrogens with two attached hydrogens (primary N) is 1. The zero-order chi connectivity index (χ0) is 12.3. The Morgan fingerprint density at radius 3 is 2.82 bits per heavy atom. The van der Waals surface area contributed by atoms with Gasteiger partial charge in [0.05, 0.1) is 6.20 Å². The Kier molecular flexibility index (Phi) is 3.44. The second-order valence-electron chi connectivity index (χ2n) is 4.08. The third kappa shape index (κ3) is 2.85. The molecule has 0 saturated carbocycles. The summed E-state index contributed by atoms with van der Waals surface area (Å²) in [4.78, 5) is 0. The Morgan fingerprint density at radius 1 is 1.41 bits per heavy atom. The average Bonchev–Trinajstić information content (AvgIpc) is 2.80. The monoisotopic (exact) mass is 232 g/mol. The molecule has 0 spiro atoms. The van der Waals surface area contributed by atoms with Crippen molar-refractivity contribution in [3.63, 3.8) is 0 Å². The Hall–Kier alpha value is -1.81. The van der Waals surface area contributed by atoms with Crippen molar-refractivity contribution in [3.8, 4) is 5.75 Å². The van der Waals surface area contributed by atoms with Gasteiger partial charge in [-0.15, -0.1) is 0 Å². The maximum absolute atomic E-state index is 5.82. The molecular formula is C13H16N2O2. The highest BCUT2D eigenvalue weighted by Crippen LogP contribution is 2.22. The van der Waals surface area contributed by atoms with E-state index in [9.17, 15) is 0 Å². The predicted octanol–water partition coefficient (Wildman–Crippen LogP) is 2.58. The summed E-state index contributed by atoms with van der Waals surface area (Å²) in [6, 6.07) is 7.78. The third-order valence-corrected chi connectivity index (χ3v) is 2.59. The van der Waals surface area contributed by atoms with Crippen LogP contribution >= 0.6 is 0 Å². The van der Waals surface area contributed by atoms with Crippen LogP contribution in [0.2, 0.25) is 0 Å². The van der Waals surface area contributed by atoms with E-state index in [1.54, 1.807) is 12.3 Å². The normalized spacial score (nSPS) is 12.4. The number of hydrogen-bond acceptors (Lipinski definition) is 4. The number of aromatic nitrogens is 1. The van der Waals surface area contributed by atoms with Gasteiger partial charge >= 0.3 is 0 Å². The van der Waals surface area contributed by atoms with Crippen LogP contribution in [0.5, 0.6) is 5.75 Å². The fraction of sp³-hybridized carbons (Fsp3) is 0.308. The quantitative estimate of drug-likeness (QED) is 0.880.